The summed E-state index contributed by atoms with van der Waals surface area (Å²) in [7, 11) is 1.53. The number of hydrogen-bond donors (Lipinski definition) is 2. The molecule has 1 heterocycles. The summed E-state index contributed by atoms with van der Waals surface area (Å²) in [5.41, 5.74) is 1.84. The van der Waals surface area contributed by atoms with E-state index in [2.05, 4.69) is 10.3 Å². The maximum Gasteiger partial charge on any atom is 0.335 e. The molecule has 0 spiro atoms. The molecule has 1 saturated carbocycles. The number of methoxy groups -OCH3 is 1. The molecule has 5 rings (SSSR count). The van der Waals surface area contributed by atoms with Crippen LogP contribution in [-0.4, -0.2) is 33.6 Å². The number of aromatic nitrogens is 2. The van der Waals surface area contributed by atoms with E-state index in [9.17, 15) is 23.5 Å². The highest BCUT2D eigenvalue weighted by molar-refractivity contribution is 5.96. The molecule has 4 aromatic rings. The zero-order chi connectivity index (χ0) is 27.5. The molecule has 3 aromatic carbocycles. The van der Waals surface area contributed by atoms with Crippen molar-refractivity contribution in [2.24, 2.45) is 5.92 Å². The second-order valence-corrected chi connectivity index (χ2v) is 9.84. The van der Waals surface area contributed by atoms with Crippen molar-refractivity contribution in [3.05, 3.63) is 95.3 Å². The van der Waals surface area contributed by atoms with Crippen molar-refractivity contribution >= 4 is 28.6 Å². The molecular weight excluding hydrogens is 504 g/mol. The molecule has 9 heteroatoms. The van der Waals surface area contributed by atoms with E-state index >= 15 is 0 Å². The first-order chi connectivity index (χ1) is 18.9. The van der Waals surface area contributed by atoms with Crippen LogP contribution < -0.4 is 5.32 Å². The molecule has 0 saturated heterocycles. The second-order valence-electron chi connectivity index (χ2n) is 9.84. The topological polar surface area (TPSA) is 93.5 Å². The van der Waals surface area contributed by atoms with Gasteiger partial charge in [-0.2, -0.15) is 0 Å². The molecule has 1 amide bonds. The number of benzene rings is 3. The van der Waals surface area contributed by atoms with Gasteiger partial charge in [0.1, 0.15) is 18.0 Å². The van der Waals surface area contributed by atoms with Crippen LogP contribution in [-0.2, 0) is 9.53 Å². The molecule has 7 nitrogen and oxygen atoms in total. The van der Waals surface area contributed by atoms with E-state index in [0.717, 1.165) is 49.8 Å². The average molecular weight is 534 g/mol. The molecule has 0 radical (unpaired) electrons. The van der Waals surface area contributed by atoms with Crippen molar-refractivity contribution in [1.82, 2.24) is 9.55 Å². The predicted octanol–water partition coefficient (Wildman–Crippen LogP) is 6.51. The van der Waals surface area contributed by atoms with Gasteiger partial charge >= 0.3 is 5.97 Å². The molecule has 39 heavy (non-hydrogen) atoms. The quantitative estimate of drug-likeness (QED) is 0.269. The van der Waals surface area contributed by atoms with E-state index in [1.54, 1.807) is 4.57 Å². The number of carboxylic acid groups (broad SMARTS) is 1. The predicted molar refractivity (Wildman–Crippen MR) is 143 cm³/mol. The third-order valence-corrected chi connectivity index (χ3v) is 7.37. The van der Waals surface area contributed by atoms with Gasteiger partial charge in [-0.15, -0.1) is 0 Å². The van der Waals surface area contributed by atoms with Gasteiger partial charge in [-0.25, -0.2) is 18.6 Å². The third-order valence-electron chi connectivity index (χ3n) is 7.37. The fourth-order valence-electron chi connectivity index (χ4n) is 5.51. The Hall–Kier alpha value is -4.11. The number of rotatable bonds is 8. The van der Waals surface area contributed by atoms with E-state index in [1.807, 2.05) is 30.3 Å². The molecule has 0 unspecified atom stereocenters. The van der Waals surface area contributed by atoms with Crippen LogP contribution in [0.15, 0.2) is 66.7 Å². The van der Waals surface area contributed by atoms with Crippen molar-refractivity contribution in [3.8, 4) is 0 Å². The number of nitrogens with one attached hydrogen (secondary N) is 1. The number of ether oxygens (including phenoxy) is 1. The van der Waals surface area contributed by atoms with Gasteiger partial charge in [-0.1, -0.05) is 49.6 Å². The lowest BCUT2D eigenvalue weighted by Crippen LogP contribution is -2.35. The Bertz CT molecular complexity index is 1480. The average Bonchev–Trinajstić information content (AvgIpc) is 3.28. The highest BCUT2D eigenvalue weighted by Crippen LogP contribution is 2.39. The summed E-state index contributed by atoms with van der Waals surface area (Å²) < 4.78 is 36.5. The van der Waals surface area contributed by atoms with Crippen molar-refractivity contribution in [2.45, 2.75) is 44.2 Å². The van der Waals surface area contributed by atoms with Gasteiger partial charge in [0, 0.05) is 24.9 Å². The van der Waals surface area contributed by atoms with Crippen LogP contribution in [0.25, 0.3) is 11.0 Å². The Labute approximate surface area is 224 Å². The lowest BCUT2D eigenvalue weighted by Gasteiger charge is -2.33. The molecule has 1 aliphatic carbocycles. The number of hydrogen-bond acceptors (Lipinski definition) is 4. The Morgan fingerprint density at radius 1 is 1.00 bits per heavy atom. The number of aromatic carboxylic acids is 1. The summed E-state index contributed by atoms with van der Waals surface area (Å²) in [6.07, 6.45) is 3.81. The summed E-state index contributed by atoms with van der Waals surface area (Å²) in [6.45, 7) is 0. The maximum atomic E-state index is 14.6. The first-order valence-corrected chi connectivity index (χ1v) is 13.0. The van der Waals surface area contributed by atoms with Crippen molar-refractivity contribution < 1.29 is 28.2 Å². The number of nitrogens with zero attached hydrogens (tertiary/aromatic N) is 2. The molecule has 202 valence electrons. The Balaban J connectivity index is 1.66. The van der Waals surface area contributed by atoms with E-state index in [-0.39, 0.29) is 22.9 Å². The number of amides is 1. The largest absolute Gasteiger partial charge is 0.478 e. The Kier molecular flexibility index (Phi) is 7.70. The molecule has 2 atom stereocenters. The fourth-order valence-corrected chi connectivity index (χ4v) is 5.51. The van der Waals surface area contributed by atoms with Gasteiger partial charge in [0.25, 0.3) is 0 Å². The summed E-state index contributed by atoms with van der Waals surface area (Å²) in [5.74, 6) is -3.19. The maximum absolute atomic E-state index is 14.6. The normalized spacial score (nSPS) is 15.7. The Morgan fingerprint density at radius 3 is 2.31 bits per heavy atom. The Morgan fingerprint density at radius 2 is 1.67 bits per heavy atom. The molecule has 0 bridgehead atoms. The summed E-state index contributed by atoms with van der Waals surface area (Å²) in [6, 6.07) is 16.6. The smallest absolute Gasteiger partial charge is 0.335 e. The first kappa shape index (κ1) is 26.5. The van der Waals surface area contributed by atoms with Crippen LogP contribution in [0.5, 0.6) is 0 Å². The highest BCUT2D eigenvalue weighted by Gasteiger charge is 2.36. The van der Waals surface area contributed by atoms with Crippen LogP contribution >= 0.6 is 0 Å². The van der Waals surface area contributed by atoms with Crippen LogP contribution in [0.3, 0.4) is 0 Å². The van der Waals surface area contributed by atoms with Gasteiger partial charge in [0.15, 0.2) is 11.6 Å². The van der Waals surface area contributed by atoms with Crippen molar-refractivity contribution in [3.63, 3.8) is 0 Å². The number of halogens is 2. The number of anilines is 1. The van der Waals surface area contributed by atoms with Gasteiger partial charge in [-0.3, -0.25) is 4.79 Å². The zero-order valence-corrected chi connectivity index (χ0v) is 21.4. The second kappa shape index (κ2) is 11.3. The molecule has 2 N–H and O–H groups in total. The number of carbonyl (C=O) groups is 2. The summed E-state index contributed by atoms with van der Waals surface area (Å²) in [5, 5.41) is 12.1. The minimum absolute atomic E-state index is 0.0883. The molecule has 0 aliphatic heterocycles. The molecule has 1 aliphatic rings. The zero-order valence-electron chi connectivity index (χ0n) is 21.4. The standard InChI is InChI=1S/C30H29F2N3O4/c1-39-27(19-10-6-3-7-11-19)28-34-24-16-22(31)23(32)17-25(24)35(28)26(18-8-4-2-5-9-18)29(36)33-21-14-12-20(13-15-21)30(37)38/h3,6-7,10-18,26-27H,2,4-5,8-9H2,1H3,(H,33,36)(H,37,38)/t26-,27+/m1/s1. The molecule has 1 aromatic heterocycles. The van der Waals surface area contributed by atoms with E-state index in [0.29, 0.717) is 17.0 Å². The van der Waals surface area contributed by atoms with Gasteiger partial charge in [-0.05, 0) is 48.6 Å². The van der Waals surface area contributed by atoms with Gasteiger partial charge in [0.05, 0.1) is 16.6 Å². The molecule has 1 fully saturated rings. The van der Waals surface area contributed by atoms with E-state index in [4.69, 9.17) is 4.74 Å². The number of fused-ring (bicyclic) bond motifs is 1. The lowest BCUT2D eigenvalue weighted by molar-refractivity contribution is -0.121. The van der Waals surface area contributed by atoms with Crippen LogP contribution in [0.4, 0.5) is 14.5 Å². The minimum Gasteiger partial charge on any atom is -0.478 e. The number of carboxylic acids is 1. The van der Waals surface area contributed by atoms with Gasteiger partial charge in [0.2, 0.25) is 5.91 Å². The summed E-state index contributed by atoms with van der Waals surface area (Å²) in [4.78, 5) is 30.0. The summed E-state index contributed by atoms with van der Waals surface area (Å²) >= 11 is 0. The minimum atomic E-state index is -1.07. The SMILES string of the molecule is CO[C@@H](c1ccccc1)c1nc2cc(F)c(F)cc2n1[C@@H](C(=O)Nc1ccc(C(=O)O)cc1)C1CCCCC1. The number of carbonyl (C=O) groups excluding carboxylic acids is 1. The lowest BCUT2D eigenvalue weighted by atomic mass is 9.83. The number of imidazole rings is 1. The fraction of sp³-hybridized carbons (Fsp3) is 0.300. The molecular formula is C30H29F2N3O4. The van der Waals surface area contributed by atoms with E-state index in [1.165, 1.54) is 31.4 Å². The van der Waals surface area contributed by atoms with E-state index < -0.39 is 29.7 Å². The first-order valence-electron chi connectivity index (χ1n) is 13.0. The third kappa shape index (κ3) is 5.40. The van der Waals surface area contributed by atoms with Crippen LogP contribution in [0.1, 0.15) is 66.0 Å². The van der Waals surface area contributed by atoms with Gasteiger partial charge < -0.3 is 19.7 Å². The van der Waals surface area contributed by atoms with Crippen molar-refractivity contribution in [2.75, 3.05) is 12.4 Å². The van der Waals surface area contributed by atoms with Crippen molar-refractivity contribution in [1.29, 1.82) is 0 Å². The monoisotopic (exact) mass is 533 g/mol. The van der Waals surface area contributed by atoms with Crippen LogP contribution in [0.2, 0.25) is 0 Å². The highest BCUT2D eigenvalue weighted by atomic mass is 19.2. The van der Waals surface area contributed by atoms with Crippen LogP contribution in [0, 0.1) is 17.6 Å².